The van der Waals surface area contributed by atoms with Crippen LogP contribution in [0.4, 0.5) is 5.69 Å². The van der Waals surface area contributed by atoms with Crippen molar-refractivity contribution in [2.45, 2.75) is 52.8 Å². The highest BCUT2D eigenvalue weighted by atomic mass is 16.5. The first kappa shape index (κ1) is 35.0. The third-order valence-electron chi connectivity index (χ3n) is 10.1. The van der Waals surface area contributed by atoms with E-state index in [0.29, 0.717) is 38.3 Å². The van der Waals surface area contributed by atoms with Gasteiger partial charge in [0.05, 0.1) is 19.1 Å². The van der Waals surface area contributed by atoms with Crippen LogP contribution in [-0.2, 0) is 17.9 Å². The molecule has 0 unspecified atom stereocenters. The molecule has 2 atom stereocenters. The molecule has 0 aliphatic carbocycles. The molecule has 3 heterocycles. The molecule has 2 saturated heterocycles. The van der Waals surface area contributed by atoms with Gasteiger partial charge in [0.15, 0.2) is 0 Å². The molecular formula is C41H46N4O5. The predicted molar refractivity (Wildman–Crippen MR) is 197 cm³/mol. The number of β-amino-alcohol motifs (C(OH)–C–C–N with tert-alkyl or cyclic N) is 1. The van der Waals surface area contributed by atoms with Crippen molar-refractivity contribution in [1.82, 2.24) is 14.8 Å². The average molecular weight is 675 g/mol. The van der Waals surface area contributed by atoms with Gasteiger partial charge in [-0.2, -0.15) is 0 Å². The summed E-state index contributed by atoms with van der Waals surface area (Å²) in [6.45, 7) is 10.4. The van der Waals surface area contributed by atoms with Crippen LogP contribution in [0.5, 0.6) is 5.75 Å². The summed E-state index contributed by atoms with van der Waals surface area (Å²) in [4.78, 5) is 33.5. The van der Waals surface area contributed by atoms with Crippen molar-refractivity contribution in [3.63, 3.8) is 0 Å². The van der Waals surface area contributed by atoms with E-state index in [2.05, 4.69) is 82.5 Å². The number of pyridine rings is 1. The van der Waals surface area contributed by atoms with Gasteiger partial charge in [-0.15, -0.1) is 0 Å². The van der Waals surface area contributed by atoms with Crippen LogP contribution in [0.3, 0.4) is 0 Å². The minimum Gasteiger partial charge on any atom is -0.496 e. The number of benzene rings is 3. The van der Waals surface area contributed by atoms with Crippen LogP contribution < -0.4 is 10.1 Å². The normalized spacial score (nSPS) is 18.2. The third-order valence-corrected chi connectivity index (χ3v) is 10.1. The standard InChI is InChI=1S/C41H46N4O5/c1-26-19-33(24-45-17-14-32(23-45)41(48)49)39(50-4)21-31(26)12-11-30-7-5-8-35(27(30)2)36-9-6-10-37(28(36)3)43-40(47)38-20-29(13-16-42-38)22-44-18-15-34(46)25-44/h5-13,16,19-21,32,34,46H,14-15,17-18,22-25H2,1-4H3,(H,43,47)(H,48,49)/b12-11+/t32-,34-/m1/s1. The number of carbonyl (C=O) groups excluding carboxylic acids is 1. The Labute approximate surface area is 294 Å². The number of ether oxygens (including phenoxy) is 1. The monoisotopic (exact) mass is 674 g/mol. The molecule has 2 aliphatic rings. The number of aromatic nitrogens is 1. The topological polar surface area (TPSA) is 115 Å². The number of anilines is 1. The second-order valence-electron chi connectivity index (χ2n) is 13.6. The van der Waals surface area contributed by atoms with Gasteiger partial charge in [0.2, 0.25) is 0 Å². The quantitative estimate of drug-likeness (QED) is 0.153. The Balaban J connectivity index is 1.18. The number of aliphatic hydroxyl groups excluding tert-OH is 1. The molecule has 0 spiro atoms. The zero-order chi connectivity index (χ0) is 35.4. The Morgan fingerprint density at radius 3 is 2.34 bits per heavy atom. The van der Waals surface area contributed by atoms with E-state index in [1.54, 1.807) is 13.3 Å². The Hall–Kier alpha value is -4.83. The molecular weight excluding hydrogens is 628 g/mol. The lowest BCUT2D eigenvalue weighted by atomic mass is 9.92. The van der Waals surface area contributed by atoms with Gasteiger partial charge in [-0.05, 0) is 109 Å². The number of hydrogen-bond donors (Lipinski definition) is 3. The molecule has 0 bridgehead atoms. The fourth-order valence-corrected chi connectivity index (χ4v) is 7.14. The molecule has 9 heteroatoms. The smallest absolute Gasteiger partial charge is 0.307 e. The molecule has 1 aromatic heterocycles. The summed E-state index contributed by atoms with van der Waals surface area (Å²) in [5.74, 6) is -0.502. The molecule has 0 saturated carbocycles. The van der Waals surface area contributed by atoms with Crippen LogP contribution >= 0.6 is 0 Å². The number of likely N-dealkylation sites (tertiary alicyclic amines) is 2. The van der Waals surface area contributed by atoms with Crippen LogP contribution in [0.1, 0.15) is 62.3 Å². The average Bonchev–Trinajstić information content (AvgIpc) is 3.75. The van der Waals surface area contributed by atoms with Crippen LogP contribution in [0, 0.1) is 26.7 Å². The van der Waals surface area contributed by atoms with E-state index in [1.165, 1.54) is 0 Å². The van der Waals surface area contributed by atoms with Crippen molar-refractivity contribution < 1.29 is 24.5 Å². The Morgan fingerprint density at radius 2 is 1.62 bits per heavy atom. The van der Waals surface area contributed by atoms with E-state index in [9.17, 15) is 19.8 Å². The number of carboxylic acids is 1. The number of hydrogen-bond acceptors (Lipinski definition) is 7. The second-order valence-corrected chi connectivity index (χ2v) is 13.6. The summed E-state index contributed by atoms with van der Waals surface area (Å²) >= 11 is 0. The molecule has 9 nitrogen and oxygen atoms in total. The summed E-state index contributed by atoms with van der Waals surface area (Å²) in [5, 5.41) is 22.4. The maximum Gasteiger partial charge on any atom is 0.307 e. The fraction of sp³-hybridized carbons (Fsp3) is 0.341. The zero-order valence-corrected chi connectivity index (χ0v) is 29.3. The molecule has 260 valence electrons. The number of aliphatic hydroxyl groups is 1. The lowest BCUT2D eigenvalue weighted by Gasteiger charge is -2.19. The van der Waals surface area contributed by atoms with E-state index in [-0.39, 0.29) is 17.9 Å². The van der Waals surface area contributed by atoms with E-state index in [0.717, 1.165) is 81.0 Å². The van der Waals surface area contributed by atoms with E-state index < -0.39 is 5.97 Å². The van der Waals surface area contributed by atoms with E-state index in [1.807, 2.05) is 31.2 Å². The first-order valence-electron chi connectivity index (χ1n) is 17.3. The summed E-state index contributed by atoms with van der Waals surface area (Å²) in [7, 11) is 1.67. The molecule has 50 heavy (non-hydrogen) atoms. The number of nitrogens with one attached hydrogen (secondary N) is 1. The number of amides is 1. The summed E-state index contributed by atoms with van der Waals surface area (Å²) < 4.78 is 5.77. The van der Waals surface area contributed by atoms with Crippen LogP contribution in [0.2, 0.25) is 0 Å². The molecule has 6 rings (SSSR count). The van der Waals surface area contributed by atoms with E-state index >= 15 is 0 Å². The number of methoxy groups -OCH3 is 1. The van der Waals surface area contributed by atoms with Crippen LogP contribution in [0.15, 0.2) is 66.9 Å². The summed E-state index contributed by atoms with van der Waals surface area (Å²) in [5.41, 5.74) is 10.6. The number of carboxylic acid groups (broad SMARTS) is 1. The summed E-state index contributed by atoms with van der Waals surface area (Å²) in [6, 6.07) is 20.2. The number of rotatable bonds is 11. The van der Waals surface area contributed by atoms with Gasteiger partial charge < -0.3 is 20.3 Å². The zero-order valence-electron chi connectivity index (χ0n) is 29.3. The first-order valence-corrected chi connectivity index (χ1v) is 17.3. The van der Waals surface area contributed by atoms with E-state index in [4.69, 9.17) is 4.74 Å². The fourth-order valence-electron chi connectivity index (χ4n) is 7.14. The number of aryl methyl sites for hydroxylation is 1. The molecule has 2 aliphatic heterocycles. The molecule has 2 fully saturated rings. The van der Waals surface area contributed by atoms with Crippen molar-refractivity contribution in [2.24, 2.45) is 5.92 Å². The number of nitrogens with zero attached hydrogens (tertiary/aromatic N) is 3. The Bertz CT molecular complexity index is 1920. The van der Waals surface area contributed by atoms with Crippen LogP contribution in [-0.4, -0.2) is 76.3 Å². The minimum atomic E-state index is -0.726. The van der Waals surface area contributed by atoms with Crippen molar-refractivity contribution in [3.05, 3.63) is 111 Å². The second kappa shape index (κ2) is 15.4. The SMILES string of the molecule is COc1cc(/C=C/c2cccc(-c3cccc(NC(=O)c4cc(CN5CC[C@@H](O)C5)ccn4)c3C)c2C)c(C)cc1CN1CC[C@@H](C(=O)O)C1. The van der Waals surface area contributed by atoms with Gasteiger partial charge in [0.25, 0.3) is 5.91 Å². The Morgan fingerprint density at radius 1 is 0.900 bits per heavy atom. The lowest BCUT2D eigenvalue weighted by molar-refractivity contribution is -0.141. The third kappa shape index (κ3) is 7.97. The summed E-state index contributed by atoms with van der Waals surface area (Å²) in [6.07, 6.45) is 7.06. The highest BCUT2D eigenvalue weighted by Gasteiger charge is 2.28. The van der Waals surface area contributed by atoms with Crippen molar-refractivity contribution in [2.75, 3.05) is 38.6 Å². The van der Waals surface area contributed by atoms with Gasteiger partial charge in [0.1, 0.15) is 11.4 Å². The maximum absolute atomic E-state index is 13.3. The molecule has 3 aromatic carbocycles. The van der Waals surface area contributed by atoms with Crippen molar-refractivity contribution >= 4 is 29.7 Å². The largest absolute Gasteiger partial charge is 0.496 e. The van der Waals surface area contributed by atoms with Gasteiger partial charge in [-0.3, -0.25) is 24.4 Å². The minimum absolute atomic E-state index is 0.260. The molecule has 1 amide bonds. The van der Waals surface area contributed by atoms with Gasteiger partial charge in [0, 0.05) is 50.2 Å². The number of aliphatic carboxylic acids is 1. The molecule has 0 radical (unpaired) electrons. The van der Waals surface area contributed by atoms with Crippen molar-refractivity contribution in [3.8, 4) is 16.9 Å². The van der Waals surface area contributed by atoms with Crippen LogP contribution in [0.25, 0.3) is 23.3 Å². The van der Waals surface area contributed by atoms with Gasteiger partial charge >= 0.3 is 5.97 Å². The molecule has 3 N–H and O–H groups in total. The van der Waals surface area contributed by atoms with Gasteiger partial charge in [-0.25, -0.2) is 0 Å². The predicted octanol–water partition coefficient (Wildman–Crippen LogP) is 6.58. The molecule has 4 aromatic rings. The maximum atomic E-state index is 13.3. The van der Waals surface area contributed by atoms with Gasteiger partial charge in [-0.1, -0.05) is 48.6 Å². The number of carbonyl (C=O) groups is 2. The highest BCUT2D eigenvalue weighted by Crippen LogP contribution is 2.34. The van der Waals surface area contributed by atoms with Crippen molar-refractivity contribution in [1.29, 1.82) is 0 Å². The lowest BCUT2D eigenvalue weighted by Crippen LogP contribution is -2.23. The highest BCUT2D eigenvalue weighted by molar-refractivity contribution is 6.04. The Kier molecular flexibility index (Phi) is 10.8. The first-order chi connectivity index (χ1) is 24.1.